The lowest BCUT2D eigenvalue weighted by Crippen LogP contribution is -2.39. The zero-order valence-corrected chi connectivity index (χ0v) is 15.1. The lowest BCUT2D eigenvalue weighted by Gasteiger charge is -2.36. The van der Waals surface area contributed by atoms with Gasteiger partial charge in [-0.15, -0.1) is 0 Å². The van der Waals surface area contributed by atoms with Crippen molar-refractivity contribution in [1.29, 1.82) is 0 Å². The number of rotatable bonds is 5. The number of piperidine rings is 1. The van der Waals surface area contributed by atoms with Gasteiger partial charge in [0.1, 0.15) is 5.75 Å². The van der Waals surface area contributed by atoms with E-state index in [-0.39, 0.29) is 0 Å². The summed E-state index contributed by atoms with van der Waals surface area (Å²) in [5.41, 5.74) is 4.40. The number of likely N-dealkylation sites (tertiary alicyclic amines) is 1. The van der Waals surface area contributed by atoms with Crippen LogP contribution in [0.15, 0.2) is 12.1 Å². The number of methoxy groups -OCH3 is 1. The topological polar surface area (TPSA) is 15.7 Å². The summed E-state index contributed by atoms with van der Waals surface area (Å²) < 4.78 is 5.73. The molecule has 0 bridgehead atoms. The molecule has 1 fully saturated rings. The maximum absolute atomic E-state index is 5.73. The minimum atomic E-state index is 0.698. The van der Waals surface area contributed by atoms with E-state index < -0.39 is 0 Å². The second-order valence-electron chi connectivity index (χ2n) is 7.10. The number of hydrogen-bond donors (Lipinski definition) is 0. The van der Waals surface area contributed by atoms with Crippen molar-refractivity contribution in [3.05, 3.63) is 28.8 Å². The van der Waals surface area contributed by atoms with Gasteiger partial charge in [0.15, 0.2) is 0 Å². The van der Waals surface area contributed by atoms with Crippen molar-refractivity contribution in [2.45, 2.75) is 65.1 Å². The Labute approximate surface area is 141 Å². The van der Waals surface area contributed by atoms with E-state index in [2.05, 4.69) is 35.8 Å². The number of likely N-dealkylation sites (N-methyl/N-ethyl adjacent to an activating group) is 1. The van der Waals surface area contributed by atoms with E-state index in [4.69, 9.17) is 4.74 Å². The molecule has 3 nitrogen and oxygen atoms in total. The summed E-state index contributed by atoms with van der Waals surface area (Å²) in [6.45, 7) is 10.3. The predicted molar refractivity (Wildman–Crippen MR) is 96.0 cm³/mol. The van der Waals surface area contributed by atoms with Crippen molar-refractivity contribution in [3.8, 4) is 5.75 Å². The largest absolute Gasteiger partial charge is 0.496 e. The second-order valence-corrected chi connectivity index (χ2v) is 7.10. The van der Waals surface area contributed by atoms with E-state index in [1.54, 1.807) is 5.56 Å². The summed E-state index contributed by atoms with van der Waals surface area (Å²) in [6.07, 6.45) is 6.51. The van der Waals surface area contributed by atoms with Crippen LogP contribution >= 0.6 is 0 Å². The number of nitrogens with zero attached hydrogens (tertiary/aromatic N) is 2. The van der Waals surface area contributed by atoms with E-state index in [1.165, 1.54) is 56.3 Å². The first kappa shape index (κ1) is 16.8. The van der Waals surface area contributed by atoms with Gasteiger partial charge in [-0.2, -0.15) is 0 Å². The Hall–Kier alpha value is -1.06. The van der Waals surface area contributed by atoms with Crippen LogP contribution in [0.1, 0.15) is 56.2 Å². The van der Waals surface area contributed by atoms with Gasteiger partial charge >= 0.3 is 0 Å². The molecule has 0 N–H and O–H groups in total. The molecule has 0 aromatic heterocycles. The molecule has 1 atom stereocenters. The fourth-order valence-electron chi connectivity index (χ4n) is 4.23. The average molecular weight is 316 g/mol. The zero-order valence-electron chi connectivity index (χ0n) is 15.1. The number of benzene rings is 1. The maximum atomic E-state index is 5.73. The quantitative estimate of drug-likeness (QED) is 0.821. The van der Waals surface area contributed by atoms with Crippen molar-refractivity contribution in [2.24, 2.45) is 0 Å². The Kier molecular flexibility index (Phi) is 5.60. The van der Waals surface area contributed by atoms with Crippen molar-refractivity contribution < 1.29 is 4.74 Å². The molecule has 2 aliphatic rings. The Morgan fingerprint density at radius 2 is 1.87 bits per heavy atom. The molecule has 0 aliphatic carbocycles. The van der Waals surface area contributed by atoms with E-state index in [0.29, 0.717) is 6.04 Å². The molecule has 1 aromatic rings. The van der Waals surface area contributed by atoms with Gasteiger partial charge in [0.05, 0.1) is 7.11 Å². The molecule has 128 valence electrons. The highest BCUT2D eigenvalue weighted by molar-refractivity contribution is 5.44. The monoisotopic (exact) mass is 316 g/mol. The first-order valence-corrected chi connectivity index (χ1v) is 9.40. The van der Waals surface area contributed by atoms with E-state index >= 15 is 0 Å². The summed E-state index contributed by atoms with van der Waals surface area (Å²) in [6, 6.07) is 5.45. The van der Waals surface area contributed by atoms with Gasteiger partial charge in [0.25, 0.3) is 0 Å². The molecule has 1 aromatic carbocycles. The van der Waals surface area contributed by atoms with Gasteiger partial charge in [-0.05, 0) is 62.5 Å². The number of ether oxygens (including phenoxy) is 1. The van der Waals surface area contributed by atoms with Gasteiger partial charge in [0.2, 0.25) is 0 Å². The molecule has 23 heavy (non-hydrogen) atoms. The fraction of sp³-hybridized carbons (Fsp3) is 0.700. The molecule has 3 rings (SSSR count). The molecular weight excluding hydrogens is 284 g/mol. The number of fused-ring (bicyclic) bond motifs is 1. The lowest BCUT2D eigenvalue weighted by atomic mass is 9.90. The summed E-state index contributed by atoms with van der Waals surface area (Å²) >= 11 is 0. The van der Waals surface area contributed by atoms with Crippen LogP contribution in [0, 0.1) is 0 Å². The van der Waals surface area contributed by atoms with Gasteiger partial charge in [0, 0.05) is 24.7 Å². The van der Waals surface area contributed by atoms with Crippen molar-refractivity contribution in [3.63, 3.8) is 0 Å². The summed E-state index contributed by atoms with van der Waals surface area (Å²) in [7, 11) is 1.82. The lowest BCUT2D eigenvalue weighted by molar-refractivity contribution is 0.175. The highest BCUT2D eigenvalue weighted by Crippen LogP contribution is 2.32. The first-order valence-electron chi connectivity index (χ1n) is 9.40. The van der Waals surface area contributed by atoms with Crippen LogP contribution in [0.5, 0.6) is 5.75 Å². The van der Waals surface area contributed by atoms with Crippen molar-refractivity contribution in [2.75, 3.05) is 26.7 Å². The Balaban J connectivity index is 1.83. The molecule has 1 saturated heterocycles. The second kappa shape index (κ2) is 7.67. The van der Waals surface area contributed by atoms with Crippen LogP contribution in [-0.2, 0) is 19.5 Å². The van der Waals surface area contributed by atoms with E-state index in [1.807, 2.05) is 7.11 Å². The van der Waals surface area contributed by atoms with Gasteiger partial charge in [-0.3, -0.25) is 9.80 Å². The molecule has 0 spiro atoms. The van der Waals surface area contributed by atoms with E-state index in [9.17, 15) is 0 Å². The Morgan fingerprint density at radius 1 is 1.09 bits per heavy atom. The predicted octanol–water partition coefficient (Wildman–Crippen LogP) is 3.84. The standard InChI is InChI=1S/C20H32N2O/c1-4-19-12-16-11-18(14-21-9-7-6-8-10-21)20(23-3)13-17(16)15-22(19)5-2/h11,13,19H,4-10,12,14-15H2,1-3H3. The van der Waals surface area contributed by atoms with Crippen LogP contribution < -0.4 is 4.74 Å². The van der Waals surface area contributed by atoms with Gasteiger partial charge in [-0.25, -0.2) is 0 Å². The molecule has 3 heteroatoms. The summed E-state index contributed by atoms with van der Waals surface area (Å²) in [5, 5.41) is 0. The first-order chi connectivity index (χ1) is 11.2. The molecular formula is C20H32N2O. The minimum absolute atomic E-state index is 0.698. The van der Waals surface area contributed by atoms with Gasteiger partial charge in [-0.1, -0.05) is 26.3 Å². The fourth-order valence-corrected chi connectivity index (χ4v) is 4.23. The van der Waals surface area contributed by atoms with Crippen molar-refractivity contribution >= 4 is 0 Å². The van der Waals surface area contributed by atoms with Crippen molar-refractivity contribution in [1.82, 2.24) is 9.80 Å². The third-order valence-corrected chi connectivity index (χ3v) is 5.67. The molecule has 0 amide bonds. The number of hydrogen-bond acceptors (Lipinski definition) is 3. The third kappa shape index (κ3) is 3.72. The Morgan fingerprint density at radius 3 is 2.52 bits per heavy atom. The maximum Gasteiger partial charge on any atom is 0.123 e. The third-order valence-electron chi connectivity index (χ3n) is 5.67. The smallest absolute Gasteiger partial charge is 0.123 e. The molecule has 0 saturated carbocycles. The van der Waals surface area contributed by atoms with Gasteiger partial charge < -0.3 is 4.74 Å². The highest BCUT2D eigenvalue weighted by Gasteiger charge is 2.25. The van der Waals surface area contributed by atoms with Crippen LogP contribution in [-0.4, -0.2) is 42.6 Å². The SMILES string of the molecule is CCC1Cc2cc(CN3CCCCC3)c(OC)cc2CN1CC. The minimum Gasteiger partial charge on any atom is -0.496 e. The van der Waals surface area contributed by atoms with Crippen LogP contribution in [0.3, 0.4) is 0 Å². The summed E-state index contributed by atoms with van der Waals surface area (Å²) in [4.78, 5) is 5.19. The van der Waals surface area contributed by atoms with Crippen LogP contribution in [0.4, 0.5) is 0 Å². The van der Waals surface area contributed by atoms with Crippen LogP contribution in [0.25, 0.3) is 0 Å². The van der Waals surface area contributed by atoms with Crippen LogP contribution in [0.2, 0.25) is 0 Å². The Bertz CT molecular complexity index is 523. The highest BCUT2D eigenvalue weighted by atomic mass is 16.5. The normalized spacial score (nSPS) is 22.8. The average Bonchev–Trinajstić information content (AvgIpc) is 2.60. The molecule has 1 unspecified atom stereocenters. The molecule has 2 aliphatic heterocycles. The summed E-state index contributed by atoms with van der Waals surface area (Å²) in [5.74, 6) is 1.08. The molecule has 0 radical (unpaired) electrons. The zero-order chi connectivity index (χ0) is 16.2. The molecule has 2 heterocycles. The van der Waals surface area contributed by atoms with E-state index in [0.717, 1.165) is 25.4 Å².